The first-order chi connectivity index (χ1) is 26.8. The fourth-order valence-electron chi connectivity index (χ4n) is 8.35. The van der Waals surface area contributed by atoms with Crippen molar-refractivity contribution in [2.24, 2.45) is 5.92 Å². The van der Waals surface area contributed by atoms with E-state index < -0.39 is 5.97 Å². The van der Waals surface area contributed by atoms with Crippen LogP contribution in [0.5, 0.6) is 0 Å². The van der Waals surface area contributed by atoms with Crippen molar-refractivity contribution >= 4 is 11.9 Å². The van der Waals surface area contributed by atoms with Gasteiger partial charge >= 0.3 is 5.97 Å². The average molecular weight is 775 g/mol. The molecule has 0 aliphatic carbocycles. The number of allylic oxidation sites excluding steroid dienone is 1. The van der Waals surface area contributed by atoms with Gasteiger partial charge in [-0.05, 0) is 84.3 Å². The molecule has 0 aromatic carbocycles. The SMILES string of the molecule is CCCCCCCCCCC(CCCCC=C(CCC(CCCCCC)CCCCCC)C(=O)O)N(CCCCCCCCCC)C(=O)CCCCN(C)C. The molecule has 1 amide bonds. The van der Waals surface area contributed by atoms with Crippen LogP contribution in [0.4, 0.5) is 0 Å². The van der Waals surface area contributed by atoms with E-state index in [0.717, 1.165) is 70.9 Å². The van der Waals surface area contributed by atoms with Crippen LogP contribution < -0.4 is 0 Å². The van der Waals surface area contributed by atoms with Gasteiger partial charge in [0.05, 0.1) is 0 Å². The van der Waals surface area contributed by atoms with E-state index >= 15 is 0 Å². The zero-order valence-corrected chi connectivity index (χ0v) is 38.3. The Hall–Kier alpha value is -1.36. The van der Waals surface area contributed by atoms with Gasteiger partial charge in [-0.1, -0.05) is 201 Å². The molecular formula is C50H98N2O3. The first kappa shape index (κ1) is 53.6. The lowest BCUT2D eigenvalue weighted by atomic mass is 9.89. The van der Waals surface area contributed by atoms with Crippen LogP contribution in [-0.4, -0.2) is 60.0 Å². The Morgan fingerprint density at radius 1 is 0.473 bits per heavy atom. The molecule has 0 fully saturated rings. The van der Waals surface area contributed by atoms with Gasteiger partial charge in [-0.15, -0.1) is 0 Å². The number of hydrogen-bond donors (Lipinski definition) is 1. The lowest BCUT2D eigenvalue weighted by Crippen LogP contribution is -2.41. The van der Waals surface area contributed by atoms with E-state index in [1.165, 1.54) is 161 Å². The fourth-order valence-corrected chi connectivity index (χ4v) is 8.35. The predicted octanol–water partition coefficient (Wildman–Crippen LogP) is 15.5. The zero-order chi connectivity index (χ0) is 40.6. The molecule has 0 aliphatic rings. The Bertz CT molecular complexity index is 859. The van der Waals surface area contributed by atoms with Crippen LogP contribution in [-0.2, 0) is 9.59 Å². The fraction of sp³-hybridized carbons (Fsp3) is 0.920. The number of rotatable bonds is 43. The van der Waals surface area contributed by atoms with Crippen LogP contribution in [0.25, 0.3) is 0 Å². The minimum Gasteiger partial charge on any atom is -0.478 e. The summed E-state index contributed by atoms with van der Waals surface area (Å²) in [4.78, 5) is 30.8. The summed E-state index contributed by atoms with van der Waals surface area (Å²) in [6.07, 6.45) is 45.2. The van der Waals surface area contributed by atoms with E-state index in [1.807, 2.05) is 0 Å². The third-order valence-electron chi connectivity index (χ3n) is 12.1. The highest BCUT2D eigenvalue weighted by molar-refractivity contribution is 5.86. The molecule has 5 heteroatoms. The summed E-state index contributed by atoms with van der Waals surface area (Å²) in [7, 11) is 4.24. The maximum absolute atomic E-state index is 13.9. The van der Waals surface area contributed by atoms with E-state index in [9.17, 15) is 14.7 Å². The van der Waals surface area contributed by atoms with E-state index in [-0.39, 0.29) is 0 Å². The second-order valence-electron chi connectivity index (χ2n) is 17.7. The number of carboxylic acids is 1. The van der Waals surface area contributed by atoms with Crippen LogP contribution in [0.15, 0.2) is 11.6 Å². The molecule has 0 aliphatic heterocycles. The van der Waals surface area contributed by atoms with Crippen molar-refractivity contribution in [1.29, 1.82) is 0 Å². The minimum absolute atomic E-state index is 0.315. The van der Waals surface area contributed by atoms with Crippen LogP contribution in [0, 0.1) is 5.92 Å². The third kappa shape index (κ3) is 34.4. The monoisotopic (exact) mass is 775 g/mol. The second-order valence-corrected chi connectivity index (χ2v) is 17.7. The van der Waals surface area contributed by atoms with Crippen molar-refractivity contribution in [3.8, 4) is 0 Å². The topological polar surface area (TPSA) is 60.9 Å². The highest BCUT2D eigenvalue weighted by Crippen LogP contribution is 2.26. The molecule has 1 N–H and O–H groups in total. The van der Waals surface area contributed by atoms with Crippen molar-refractivity contribution < 1.29 is 14.7 Å². The summed E-state index contributed by atoms with van der Waals surface area (Å²) in [5.41, 5.74) is 0.631. The standard InChI is InChI=1S/C50H98N2O3/c1-7-11-15-19-21-23-25-31-39-48(52(49(53)41-33-35-44-51(5)6)45-34-26-24-22-20-16-12-8-2)40-32-27-30-38-47(50(54)55)43-42-46(36-28-17-13-9-3)37-29-18-14-10-4/h38,46,48H,7-37,39-45H2,1-6H3,(H,54,55). The summed E-state index contributed by atoms with van der Waals surface area (Å²) in [6, 6.07) is 0.315. The minimum atomic E-state index is -0.723. The van der Waals surface area contributed by atoms with Crippen molar-refractivity contribution in [3.63, 3.8) is 0 Å². The molecule has 0 rings (SSSR count). The molecule has 0 saturated carbocycles. The summed E-state index contributed by atoms with van der Waals surface area (Å²) in [5, 5.41) is 10.1. The number of carbonyl (C=O) groups excluding carboxylic acids is 1. The van der Waals surface area contributed by atoms with Crippen molar-refractivity contribution in [2.45, 2.75) is 265 Å². The highest BCUT2D eigenvalue weighted by atomic mass is 16.4. The Kier molecular flexibility index (Phi) is 39.8. The molecule has 0 bridgehead atoms. The van der Waals surface area contributed by atoms with E-state index in [2.05, 4.69) is 57.7 Å². The quantitative estimate of drug-likeness (QED) is 0.0495. The van der Waals surface area contributed by atoms with Crippen LogP contribution in [0.2, 0.25) is 0 Å². The van der Waals surface area contributed by atoms with Gasteiger partial charge in [0.1, 0.15) is 0 Å². The maximum atomic E-state index is 13.9. The largest absolute Gasteiger partial charge is 0.478 e. The van der Waals surface area contributed by atoms with Crippen LogP contribution >= 0.6 is 0 Å². The molecule has 326 valence electrons. The van der Waals surface area contributed by atoms with E-state index in [0.29, 0.717) is 36.3 Å². The number of unbranched alkanes of at least 4 members (excludes halogenated alkanes) is 23. The molecule has 0 heterocycles. The molecule has 0 spiro atoms. The van der Waals surface area contributed by atoms with Gasteiger partial charge < -0.3 is 14.9 Å². The van der Waals surface area contributed by atoms with Crippen LogP contribution in [0.3, 0.4) is 0 Å². The van der Waals surface area contributed by atoms with Gasteiger partial charge in [0.25, 0.3) is 0 Å². The number of carboxylic acid groups (broad SMARTS) is 1. The summed E-state index contributed by atoms with van der Waals surface area (Å²) < 4.78 is 0. The van der Waals surface area contributed by atoms with Gasteiger partial charge in [0.2, 0.25) is 5.91 Å². The van der Waals surface area contributed by atoms with Crippen molar-refractivity contribution in [3.05, 3.63) is 11.6 Å². The maximum Gasteiger partial charge on any atom is 0.331 e. The molecule has 55 heavy (non-hydrogen) atoms. The normalized spacial score (nSPS) is 12.6. The first-order valence-corrected chi connectivity index (χ1v) is 24.7. The molecule has 5 nitrogen and oxygen atoms in total. The highest BCUT2D eigenvalue weighted by Gasteiger charge is 2.23. The molecule has 0 aromatic rings. The van der Waals surface area contributed by atoms with Gasteiger partial charge in [-0.3, -0.25) is 4.79 Å². The average Bonchev–Trinajstić information content (AvgIpc) is 3.16. The summed E-state index contributed by atoms with van der Waals surface area (Å²) in [5.74, 6) is 0.305. The third-order valence-corrected chi connectivity index (χ3v) is 12.1. The van der Waals surface area contributed by atoms with Gasteiger partial charge in [-0.25, -0.2) is 4.79 Å². The zero-order valence-electron chi connectivity index (χ0n) is 38.3. The molecule has 0 saturated heterocycles. The Morgan fingerprint density at radius 3 is 1.38 bits per heavy atom. The second kappa shape index (κ2) is 40.8. The van der Waals surface area contributed by atoms with Gasteiger partial charge in [0, 0.05) is 24.6 Å². The molecule has 1 unspecified atom stereocenters. The first-order valence-electron chi connectivity index (χ1n) is 24.7. The molecular weight excluding hydrogens is 677 g/mol. The van der Waals surface area contributed by atoms with Crippen LogP contribution in [0.1, 0.15) is 259 Å². The summed E-state index contributed by atoms with van der Waals surface area (Å²) >= 11 is 0. The lowest BCUT2D eigenvalue weighted by molar-refractivity contribution is -0.134. The number of aliphatic carboxylic acids is 1. The molecule has 0 aromatic heterocycles. The number of carbonyl (C=O) groups is 2. The van der Waals surface area contributed by atoms with Gasteiger partial charge in [0.15, 0.2) is 0 Å². The smallest absolute Gasteiger partial charge is 0.331 e. The Balaban J connectivity index is 5.48. The van der Waals surface area contributed by atoms with Crippen molar-refractivity contribution in [2.75, 3.05) is 27.2 Å². The Labute approximate surface area is 345 Å². The molecule has 0 radical (unpaired) electrons. The summed E-state index contributed by atoms with van der Waals surface area (Å²) in [6.45, 7) is 11.1. The number of nitrogens with zero attached hydrogens (tertiary/aromatic N) is 2. The predicted molar refractivity (Wildman–Crippen MR) is 242 cm³/mol. The lowest BCUT2D eigenvalue weighted by Gasteiger charge is -2.33. The number of hydrogen-bond acceptors (Lipinski definition) is 3. The molecule has 1 atom stereocenters. The number of amides is 1. The van der Waals surface area contributed by atoms with Crippen molar-refractivity contribution in [1.82, 2.24) is 9.80 Å². The Morgan fingerprint density at radius 2 is 0.891 bits per heavy atom. The van der Waals surface area contributed by atoms with E-state index in [4.69, 9.17) is 0 Å². The van der Waals surface area contributed by atoms with Gasteiger partial charge in [-0.2, -0.15) is 0 Å². The van der Waals surface area contributed by atoms with E-state index in [1.54, 1.807) is 0 Å².